The molecule has 1 nitrogen and oxygen atoms in total. The molecule has 0 aliphatic carbocycles. The lowest BCUT2D eigenvalue weighted by molar-refractivity contribution is 0.587. The Morgan fingerprint density at radius 3 is 2.92 bits per heavy atom. The van der Waals surface area contributed by atoms with Gasteiger partial charge in [-0.05, 0) is 24.0 Å². The summed E-state index contributed by atoms with van der Waals surface area (Å²) >= 11 is 5.79. The van der Waals surface area contributed by atoms with E-state index in [9.17, 15) is 0 Å². The van der Waals surface area contributed by atoms with Gasteiger partial charge in [-0.15, -0.1) is 0 Å². The highest BCUT2D eigenvalue weighted by Gasteiger charge is 2.01. The van der Waals surface area contributed by atoms with Crippen molar-refractivity contribution in [3.05, 3.63) is 36.0 Å². The average molecular weight is 183 g/mol. The van der Waals surface area contributed by atoms with Crippen LogP contribution in [-0.2, 0) is 6.42 Å². The monoisotopic (exact) mass is 182 g/mol. The van der Waals surface area contributed by atoms with Gasteiger partial charge in [-0.2, -0.15) is 0 Å². The molecular weight excluding hydrogens is 170 g/mol. The van der Waals surface area contributed by atoms with Gasteiger partial charge in [-0.25, -0.2) is 0 Å². The van der Waals surface area contributed by atoms with Gasteiger partial charge in [0.25, 0.3) is 0 Å². The van der Waals surface area contributed by atoms with E-state index in [1.165, 1.54) is 5.56 Å². The quantitative estimate of drug-likeness (QED) is 0.700. The van der Waals surface area contributed by atoms with Crippen LogP contribution < -0.4 is 0 Å². The molecule has 1 atom stereocenters. The molecule has 0 fully saturated rings. The zero-order valence-electron chi connectivity index (χ0n) is 7.26. The fourth-order valence-corrected chi connectivity index (χ4v) is 1.27. The predicted octanol–water partition coefficient (Wildman–Crippen LogP) is 3.14. The molecule has 1 radical (unpaired) electrons. The Bertz CT molecular complexity index is 247. The van der Waals surface area contributed by atoms with Crippen LogP contribution in [0, 0.1) is 12.8 Å². The molecule has 65 valence electrons. The second kappa shape index (κ2) is 4.46. The highest BCUT2D eigenvalue weighted by molar-refractivity contribution is 6.30. The number of rotatable bonds is 3. The van der Waals surface area contributed by atoms with Crippen LogP contribution in [0.15, 0.2) is 18.5 Å². The van der Waals surface area contributed by atoms with E-state index in [1.54, 1.807) is 6.20 Å². The molecule has 0 N–H and O–H groups in total. The van der Waals surface area contributed by atoms with Gasteiger partial charge in [0, 0.05) is 12.4 Å². The van der Waals surface area contributed by atoms with Crippen molar-refractivity contribution in [2.75, 3.05) is 0 Å². The second-order valence-electron chi connectivity index (χ2n) is 3.11. The molecule has 0 aliphatic rings. The lowest BCUT2D eigenvalue weighted by atomic mass is 10.0. The molecule has 2 heteroatoms. The van der Waals surface area contributed by atoms with Crippen LogP contribution in [0.1, 0.15) is 18.9 Å². The number of aromatic nitrogens is 1. The van der Waals surface area contributed by atoms with Gasteiger partial charge in [0.15, 0.2) is 0 Å². The Balaban J connectivity index is 2.63. The van der Waals surface area contributed by atoms with Crippen molar-refractivity contribution in [1.82, 2.24) is 4.98 Å². The first-order chi connectivity index (χ1) is 5.72. The molecule has 0 saturated heterocycles. The summed E-state index contributed by atoms with van der Waals surface area (Å²) in [5.74, 6) is 0.602. The Labute approximate surface area is 78.8 Å². The molecule has 12 heavy (non-hydrogen) atoms. The van der Waals surface area contributed by atoms with Crippen molar-refractivity contribution in [2.24, 2.45) is 5.92 Å². The Kier molecular flexibility index (Phi) is 3.54. The minimum absolute atomic E-state index is 0.602. The number of hydrogen-bond donors (Lipinski definition) is 0. The topological polar surface area (TPSA) is 12.9 Å². The van der Waals surface area contributed by atoms with Crippen LogP contribution in [0.3, 0.4) is 0 Å². The number of hydrogen-bond acceptors (Lipinski definition) is 1. The van der Waals surface area contributed by atoms with Crippen LogP contribution in [-0.4, -0.2) is 4.98 Å². The molecule has 1 aromatic heterocycles. The summed E-state index contributed by atoms with van der Waals surface area (Å²) < 4.78 is 0. The normalized spacial score (nSPS) is 12.9. The summed E-state index contributed by atoms with van der Waals surface area (Å²) in [5, 5.41) is 0.712. The maximum atomic E-state index is 5.79. The summed E-state index contributed by atoms with van der Waals surface area (Å²) in [6.45, 7) is 6.03. The zero-order valence-corrected chi connectivity index (χ0v) is 8.01. The SMILES string of the molecule is [CH2]CC(C)Cc1cncc(Cl)c1. The van der Waals surface area contributed by atoms with Gasteiger partial charge in [-0.3, -0.25) is 4.98 Å². The molecule has 1 rings (SSSR count). The summed E-state index contributed by atoms with van der Waals surface area (Å²) in [4.78, 5) is 4.02. The van der Waals surface area contributed by atoms with E-state index < -0.39 is 0 Å². The molecule has 0 bridgehead atoms. The van der Waals surface area contributed by atoms with E-state index in [0.717, 1.165) is 12.8 Å². The minimum atomic E-state index is 0.602. The fraction of sp³-hybridized carbons (Fsp3) is 0.400. The lowest BCUT2D eigenvalue weighted by Crippen LogP contribution is -1.97. The standard InChI is InChI=1S/C10H13ClN/c1-3-8(2)4-9-5-10(11)7-12-6-9/h5-8H,1,3-4H2,2H3. The first-order valence-corrected chi connectivity index (χ1v) is 4.49. The number of pyridine rings is 1. The van der Waals surface area contributed by atoms with Crippen molar-refractivity contribution in [2.45, 2.75) is 19.8 Å². The van der Waals surface area contributed by atoms with Gasteiger partial charge in [0.2, 0.25) is 0 Å². The average Bonchev–Trinajstić information content (AvgIpc) is 2.04. The maximum Gasteiger partial charge on any atom is 0.0592 e. The van der Waals surface area contributed by atoms with E-state index in [1.807, 2.05) is 12.3 Å². The smallest absolute Gasteiger partial charge is 0.0592 e. The molecule has 1 unspecified atom stereocenters. The lowest BCUT2D eigenvalue weighted by Gasteiger charge is -2.07. The van der Waals surface area contributed by atoms with Crippen molar-refractivity contribution in [3.63, 3.8) is 0 Å². The van der Waals surface area contributed by atoms with Gasteiger partial charge >= 0.3 is 0 Å². The molecule has 0 amide bonds. The third-order valence-corrected chi connectivity index (χ3v) is 2.05. The highest BCUT2D eigenvalue weighted by atomic mass is 35.5. The molecule has 0 aromatic carbocycles. The van der Waals surface area contributed by atoms with Gasteiger partial charge in [0.1, 0.15) is 0 Å². The molecule has 0 spiro atoms. The Morgan fingerprint density at radius 1 is 1.58 bits per heavy atom. The fourth-order valence-electron chi connectivity index (χ4n) is 1.07. The summed E-state index contributed by atoms with van der Waals surface area (Å²) in [6.07, 6.45) is 5.47. The molecule has 1 aromatic rings. The molecule has 1 heterocycles. The largest absolute Gasteiger partial charge is 0.263 e. The van der Waals surface area contributed by atoms with Crippen molar-refractivity contribution < 1.29 is 0 Å². The number of halogens is 1. The van der Waals surface area contributed by atoms with Crippen LogP contribution in [0.2, 0.25) is 5.02 Å². The third-order valence-electron chi connectivity index (χ3n) is 1.84. The third kappa shape index (κ3) is 2.82. The van der Waals surface area contributed by atoms with E-state index in [4.69, 9.17) is 11.6 Å². The van der Waals surface area contributed by atoms with Gasteiger partial charge in [0.05, 0.1) is 5.02 Å². The first kappa shape index (κ1) is 9.53. The van der Waals surface area contributed by atoms with Gasteiger partial charge < -0.3 is 0 Å². The molecule has 0 aliphatic heterocycles. The molecule has 0 saturated carbocycles. The highest BCUT2D eigenvalue weighted by Crippen LogP contribution is 2.13. The van der Waals surface area contributed by atoms with E-state index in [2.05, 4.69) is 18.8 Å². The summed E-state index contributed by atoms with van der Waals surface area (Å²) in [6, 6.07) is 1.96. The van der Waals surface area contributed by atoms with E-state index >= 15 is 0 Å². The van der Waals surface area contributed by atoms with Crippen LogP contribution >= 0.6 is 11.6 Å². The summed E-state index contributed by atoms with van der Waals surface area (Å²) in [7, 11) is 0. The van der Waals surface area contributed by atoms with E-state index in [-0.39, 0.29) is 0 Å². The summed E-state index contributed by atoms with van der Waals surface area (Å²) in [5.41, 5.74) is 1.19. The Hall–Kier alpha value is -0.560. The van der Waals surface area contributed by atoms with E-state index in [0.29, 0.717) is 10.9 Å². The van der Waals surface area contributed by atoms with Crippen LogP contribution in [0.25, 0.3) is 0 Å². The van der Waals surface area contributed by atoms with Gasteiger partial charge in [-0.1, -0.05) is 31.9 Å². The molecular formula is C10H13ClN. The zero-order chi connectivity index (χ0) is 8.97. The number of nitrogens with zero attached hydrogens (tertiary/aromatic N) is 1. The second-order valence-corrected chi connectivity index (χ2v) is 3.55. The van der Waals surface area contributed by atoms with Crippen LogP contribution in [0.5, 0.6) is 0 Å². The Morgan fingerprint density at radius 2 is 2.33 bits per heavy atom. The minimum Gasteiger partial charge on any atom is -0.263 e. The van der Waals surface area contributed by atoms with Crippen molar-refractivity contribution in [3.8, 4) is 0 Å². The first-order valence-electron chi connectivity index (χ1n) is 4.11. The predicted molar refractivity (Wildman–Crippen MR) is 52.1 cm³/mol. The van der Waals surface area contributed by atoms with Crippen molar-refractivity contribution >= 4 is 11.6 Å². The van der Waals surface area contributed by atoms with Crippen molar-refractivity contribution in [1.29, 1.82) is 0 Å². The maximum absolute atomic E-state index is 5.79. The van der Waals surface area contributed by atoms with Crippen LogP contribution in [0.4, 0.5) is 0 Å².